The molecule has 1 heterocycles. The van der Waals surface area contributed by atoms with Crippen molar-refractivity contribution in [1.29, 1.82) is 0 Å². The number of aryl methyl sites for hydroxylation is 1. The average molecular weight is 342 g/mol. The lowest BCUT2D eigenvalue weighted by Crippen LogP contribution is -2.15. The third-order valence-corrected chi connectivity index (χ3v) is 4.32. The molecular formula is C12H12BrN3O2S. The number of anilines is 2. The minimum atomic E-state index is -3.75. The van der Waals surface area contributed by atoms with Gasteiger partial charge < -0.3 is 5.73 Å². The SMILES string of the molecule is Cc1ccc(NS(=O)(=O)c2cc(Br)ccc2N)nc1. The smallest absolute Gasteiger partial charge is 0.265 e. The van der Waals surface area contributed by atoms with Crippen molar-refractivity contribution in [2.75, 3.05) is 10.5 Å². The Kier molecular flexibility index (Phi) is 3.77. The van der Waals surface area contributed by atoms with Crippen LogP contribution < -0.4 is 10.5 Å². The Morgan fingerprint density at radius 1 is 1.26 bits per heavy atom. The normalized spacial score (nSPS) is 11.3. The van der Waals surface area contributed by atoms with Crippen molar-refractivity contribution in [3.8, 4) is 0 Å². The van der Waals surface area contributed by atoms with Gasteiger partial charge in [0.15, 0.2) is 0 Å². The van der Waals surface area contributed by atoms with Gasteiger partial charge in [0.1, 0.15) is 10.7 Å². The molecule has 0 radical (unpaired) electrons. The van der Waals surface area contributed by atoms with Crippen LogP contribution in [0, 0.1) is 6.92 Å². The van der Waals surface area contributed by atoms with E-state index in [2.05, 4.69) is 25.6 Å². The summed E-state index contributed by atoms with van der Waals surface area (Å²) in [5.41, 5.74) is 6.83. The molecule has 0 bridgehead atoms. The highest BCUT2D eigenvalue weighted by atomic mass is 79.9. The molecular weight excluding hydrogens is 330 g/mol. The maximum absolute atomic E-state index is 12.2. The molecule has 5 nitrogen and oxygen atoms in total. The monoisotopic (exact) mass is 341 g/mol. The number of nitrogens with one attached hydrogen (secondary N) is 1. The van der Waals surface area contributed by atoms with Gasteiger partial charge in [-0.25, -0.2) is 13.4 Å². The third kappa shape index (κ3) is 3.24. The Labute approximate surface area is 120 Å². The zero-order chi connectivity index (χ0) is 14.0. The van der Waals surface area contributed by atoms with Crippen LogP contribution in [0.15, 0.2) is 45.9 Å². The predicted molar refractivity (Wildman–Crippen MR) is 78.3 cm³/mol. The van der Waals surface area contributed by atoms with Crippen molar-refractivity contribution in [3.05, 3.63) is 46.6 Å². The van der Waals surface area contributed by atoms with E-state index in [1.807, 2.05) is 6.92 Å². The van der Waals surface area contributed by atoms with Crippen molar-refractivity contribution >= 4 is 37.5 Å². The minimum absolute atomic E-state index is 0.0178. The van der Waals surface area contributed by atoms with E-state index in [0.717, 1.165) is 5.56 Å². The molecule has 0 amide bonds. The Morgan fingerprint density at radius 2 is 2.00 bits per heavy atom. The van der Waals surface area contributed by atoms with Gasteiger partial charge in [-0.2, -0.15) is 0 Å². The van der Waals surface area contributed by atoms with Crippen LogP contribution in [0.3, 0.4) is 0 Å². The number of rotatable bonds is 3. The summed E-state index contributed by atoms with van der Waals surface area (Å²) in [7, 11) is -3.75. The number of pyridine rings is 1. The summed E-state index contributed by atoms with van der Waals surface area (Å²) >= 11 is 3.22. The third-order valence-electron chi connectivity index (χ3n) is 2.42. The van der Waals surface area contributed by atoms with Gasteiger partial charge in [-0.05, 0) is 36.8 Å². The number of nitrogens with zero attached hydrogens (tertiary/aromatic N) is 1. The van der Waals surface area contributed by atoms with E-state index >= 15 is 0 Å². The molecule has 7 heteroatoms. The van der Waals surface area contributed by atoms with E-state index in [4.69, 9.17) is 5.73 Å². The van der Waals surface area contributed by atoms with Gasteiger partial charge >= 0.3 is 0 Å². The second kappa shape index (κ2) is 5.18. The fraction of sp³-hybridized carbons (Fsp3) is 0.0833. The molecule has 0 saturated carbocycles. The number of aromatic nitrogens is 1. The second-order valence-electron chi connectivity index (χ2n) is 4.01. The summed E-state index contributed by atoms with van der Waals surface area (Å²) in [6, 6.07) is 8.03. The Balaban J connectivity index is 2.37. The molecule has 2 aromatic rings. The zero-order valence-corrected chi connectivity index (χ0v) is 12.5. The standard InChI is InChI=1S/C12H12BrN3O2S/c1-8-2-5-12(15-7-8)16-19(17,18)11-6-9(13)3-4-10(11)14/h2-7H,14H2,1H3,(H,15,16). The molecule has 0 unspecified atom stereocenters. The van der Waals surface area contributed by atoms with Gasteiger partial charge in [-0.15, -0.1) is 0 Å². The van der Waals surface area contributed by atoms with Gasteiger partial charge in [-0.3, -0.25) is 4.72 Å². The molecule has 1 aromatic heterocycles. The van der Waals surface area contributed by atoms with Crippen molar-refractivity contribution in [1.82, 2.24) is 4.98 Å². The lowest BCUT2D eigenvalue weighted by Gasteiger charge is -2.10. The van der Waals surface area contributed by atoms with Gasteiger partial charge in [0, 0.05) is 10.7 Å². The van der Waals surface area contributed by atoms with Crippen LogP contribution in [0.4, 0.5) is 11.5 Å². The van der Waals surface area contributed by atoms with Gasteiger partial charge in [0.25, 0.3) is 10.0 Å². The molecule has 0 aliphatic heterocycles. The van der Waals surface area contributed by atoms with Crippen LogP contribution in [0.2, 0.25) is 0 Å². The number of hydrogen-bond acceptors (Lipinski definition) is 4. The Morgan fingerprint density at radius 3 is 2.63 bits per heavy atom. The number of sulfonamides is 1. The molecule has 3 N–H and O–H groups in total. The van der Waals surface area contributed by atoms with Gasteiger partial charge in [0.05, 0.1) is 5.69 Å². The first-order chi connectivity index (χ1) is 8.88. The Bertz CT molecular complexity index is 699. The summed E-state index contributed by atoms with van der Waals surface area (Å²) in [5, 5.41) is 0. The molecule has 0 saturated heterocycles. The molecule has 1 aromatic carbocycles. The molecule has 19 heavy (non-hydrogen) atoms. The molecule has 0 atom stereocenters. The van der Waals surface area contributed by atoms with E-state index in [-0.39, 0.29) is 16.4 Å². The molecule has 0 aliphatic rings. The van der Waals surface area contributed by atoms with Crippen molar-refractivity contribution in [2.24, 2.45) is 0 Å². The van der Waals surface area contributed by atoms with Crippen LogP contribution in [-0.2, 0) is 10.0 Å². The van der Waals surface area contributed by atoms with Crippen LogP contribution in [0.1, 0.15) is 5.56 Å². The van der Waals surface area contributed by atoms with E-state index in [1.54, 1.807) is 24.4 Å². The van der Waals surface area contributed by atoms with Crippen LogP contribution in [0.5, 0.6) is 0 Å². The molecule has 0 aliphatic carbocycles. The van der Waals surface area contributed by atoms with Crippen molar-refractivity contribution in [2.45, 2.75) is 11.8 Å². The topological polar surface area (TPSA) is 85.1 Å². The maximum atomic E-state index is 12.2. The first-order valence-corrected chi connectivity index (χ1v) is 7.66. The second-order valence-corrected chi connectivity index (χ2v) is 6.57. The summed E-state index contributed by atoms with van der Waals surface area (Å²) in [6.45, 7) is 1.87. The minimum Gasteiger partial charge on any atom is -0.398 e. The maximum Gasteiger partial charge on any atom is 0.265 e. The molecule has 2 rings (SSSR count). The highest BCUT2D eigenvalue weighted by Crippen LogP contribution is 2.24. The number of nitrogen functional groups attached to an aromatic ring is 1. The summed E-state index contributed by atoms with van der Waals surface area (Å²) in [4.78, 5) is 4.02. The van der Waals surface area contributed by atoms with E-state index in [0.29, 0.717) is 4.47 Å². The fourth-order valence-corrected chi connectivity index (χ4v) is 3.14. The first kappa shape index (κ1) is 13.8. The summed E-state index contributed by atoms with van der Waals surface area (Å²) < 4.78 is 27.4. The molecule has 100 valence electrons. The number of nitrogens with two attached hydrogens (primary N) is 1. The summed E-state index contributed by atoms with van der Waals surface area (Å²) in [6.07, 6.45) is 1.59. The van der Waals surface area contributed by atoms with Crippen molar-refractivity contribution < 1.29 is 8.42 Å². The Hall–Kier alpha value is -1.60. The summed E-state index contributed by atoms with van der Waals surface area (Å²) in [5.74, 6) is 0.255. The lowest BCUT2D eigenvalue weighted by atomic mass is 10.3. The quantitative estimate of drug-likeness (QED) is 0.840. The van der Waals surface area contributed by atoms with Crippen molar-refractivity contribution in [3.63, 3.8) is 0 Å². The number of hydrogen-bond donors (Lipinski definition) is 2. The number of halogens is 1. The van der Waals surface area contributed by atoms with E-state index in [1.165, 1.54) is 12.1 Å². The first-order valence-electron chi connectivity index (χ1n) is 5.39. The molecule has 0 fully saturated rings. The van der Waals surface area contributed by atoms with E-state index < -0.39 is 10.0 Å². The zero-order valence-electron chi connectivity index (χ0n) is 10.1. The highest BCUT2D eigenvalue weighted by Gasteiger charge is 2.18. The average Bonchev–Trinajstić information content (AvgIpc) is 2.35. The highest BCUT2D eigenvalue weighted by molar-refractivity contribution is 9.10. The predicted octanol–water partition coefficient (Wildman–Crippen LogP) is 2.54. The van der Waals surface area contributed by atoms with Gasteiger partial charge in [-0.1, -0.05) is 22.0 Å². The molecule has 0 spiro atoms. The van der Waals surface area contributed by atoms with Crippen LogP contribution in [-0.4, -0.2) is 13.4 Å². The van der Waals surface area contributed by atoms with Crippen LogP contribution >= 0.6 is 15.9 Å². The largest absolute Gasteiger partial charge is 0.398 e. The lowest BCUT2D eigenvalue weighted by molar-refractivity contribution is 0.601. The van der Waals surface area contributed by atoms with Crippen LogP contribution in [0.25, 0.3) is 0 Å². The number of benzene rings is 1. The van der Waals surface area contributed by atoms with Gasteiger partial charge in [0.2, 0.25) is 0 Å². The fourth-order valence-electron chi connectivity index (χ4n) is 1.46. The van der Waals surface area contributed by atoms with E-state index in [9.17, 15) is 8.42 Å².